The Morgan fingerprint density at radius 2 is 2.47 bits per heavy atom. The maximum atomic E-state index is 13.5. The number of aromatic nitrogens is 1. The number of ether oxygens (including phenoxy) is 1. The molecule has 5 nitrogen and oxygen atoms in total. The lowest BCUT2D eigenvalue weighted by Gasteiger charge is -2.16. The Morgan fingerprint density at radius 3 is 3.12 bits per heavy atom. The number of nitrogens with zero attached hydrogens (tertiary/aromatic N) is 1. The third-order valence-corrected chi connectivity index (χ3v) is 2.85. The fourth-order valence-corrected chi connectivity index (χ4v) is 1.80. The first kappa shape index (κ1) is 11.8. The van der Waals surface area contributed by atoms with Gasteiger partial charge in [-0.05, 0) is 19.4 Å². The Kier molecular flexibility index (Phi) is 3.23. The number of carbonyl (C=O) groups is 1. The number of nitrogen functional groups attached to an aromatic ring is 1. The van der Waals surface area contributed by atoms with Gasteiger partial charge in [0.1, 0.15) is 0 Å². The maximum absolute atomic E-state index is 13.5. The number of nitrogens with one attached hydrogen (secondary N) is 1. The number of rotatable bonds is 2. The minimum Gasteiger partial charge on any atom is -0.381 e. The molecule has 6 heteroatoms. The van der Waals surface area contributed by atoms with Crippen molar-refractivity contribution in [2.45, 2.75) is 25.5 Å². The van der Waals surface area contributed by atoms with Gasteiger partial charge in [0, 0.05) is 12.8 Å². The van der Waals surface area contributed by atoms with Gasteiger partial charge in [0.15, 0.2) is 11.6 Å². The lowest BCUT2D eigenvalue weighted by Crippen LogP contribution is -2.39. The third-order valence-electron chi connectivity index (χ3n) is 2.85. The molecule has 1 aromatic heterocycles. The number of pyridine rings is 1. The van der Waals surface area contributed by atoms with Crippen LogP contribution in [0.5, 0.6) is 0 Å². The van der Waals surface area contributed by atoms with Crippen LogP contribution in [0, 0.1) is 5.82 Å². The van der Waals surface area contributed by atoms with Crippen LogP contribution >= 0.6 is 0 Å². The summed E-state index contributed by atoms with van der Waals surface area (Å²) in [5.74, 6) is -1.54. The molecule has 2 rings (SSSR count). The van der Waals surface area contributed by atoms with Crippen LogP contribution in [0.4, 0.5) is 10.2 Å². The number of anilines is 1. The van der Waals surface area contributed by atoms with Crippen molar-refractivity contribution in [2.24, 2.45) is 0 Å². The van der Waals surface area contributed by atoms with Gasteiger partial charge >= 0.3 is 0 Å². The van der Waals surface area contributed by atoms with E-state index in [1.165, 1.54) is 12.3 Å². The second kappa shape index (κ2) is 4.67. The number of nitrogens with two attached hydrogens (primary N) is 1. The third kappa shape index (κ3) is 2.36. The predicted molar refractivity (Wildman–Crippen MR) is 59.9 cm³/mol. The molecule has 1 aliphatic heterocycles. The Morgan fingerprint density at radius 1 is 1.71 bits per heavy atom. The van der Waals surface area contributed by atoms with Crippen LogP contribution in [0.1, 0.15) is 23.7 Å². The molecule has 1 saturated heterocycles. The van der Waals surface area contributed by atoms with Crippen molar-refractivity contribution < 1.29 is 13.9 Å². The molecule has 1 amide bonds. The molecule has 1 aromatic rings. The summed E-state index contributed by atoms with van der Waals surface area (Å²) in [6.45, 7) is 2.47. The second-order valence-corrected chi connectivity index (χ2v) is 4.00. The minimum atomic E-state index is -0.781. The summed E-state index contributed by atoms with van der Waals surface area (Å²) in [6.07, 6.45) is 1.98. The van der Waals surface area contributed by atoms with Gasteiger partial charge in [-0.1, -0.05) is 0 Å². The summed E-state index contributed by atoms with van der Waals surface area (Å²) < 4.78 is 18.9. The molecule has 17 heavy (non-hydrogen) atoms. The smallest absolute Gasteiger partial charge is 0.254 e. The van der Waals surface area contributed by atoms with Gasteiger partial charge in [0.05, 0.1) is 17.7 Å². The molecule has 92 valence electrons. The summed E-state index contributed by atoms with van der Waals surface area (Å²) in [5, 5.41) is 2.73. The van der Waals surface area contributed by atoms with Gasteiger partial charge in [0.25, 0.3) is 5.91 Å². The molecular weight excluding hydrogens is 225 g/mol. The van der Waals surface area contributed by atoms with E-state index in [-0.39, 0.29) is 23.5 Å². The Labute approximate surface area is 98.2 Å². The quantitative estimate of drug-likeness (QED) is 0.796. The molecular formula is C11H14FN3O2. The lowest BCUT2D eigenvalue weighted by molar-refractivity contribution is 0.0862. The van der Waals surface area contributed by atoms with Gasteiger partial charge in [-0.25, -0.2) is 9.37 Å². The number of halogens is 1. The first-order valence-corrected chi connectivity index (χ1v) is 5.42. The van der Waals surface area contributed by atoms with Gasteiger partial charge < -0.3 is 15.8 Å². The van der Waals surface area contributed by atoms with Gasteiger partial charge in [-0.15, -0.1) is 0 Å². The average Bonchev–Trinajstić information content (AvgIpc) is 2.68. The Hall–Kier alpha value is -1.69. The van der Waals surface area contributed by atoms with Crippen molar-refractivity contribution in [2.75, 3.05) is 12.3 Å². The summed E-state index contributed by atoms with van der Waals surface area (Å²) >= 11 is 0. The fraction of sp³-hybridized carbons (Fsp3) is 0.455. The molecule has 2 unspecified atom stereocenters. The molecule has 3 N–H and O–H groups in total. The fourth-order valence-electron chi connectivity index (χ4n) is 1.80. The lowest BCUT2D eigenvalue weighted by atomic mass is 10.1. The topological polar surface area (TPSA) is 77.2 Å². The number of hydrogen-bond donors (Lipinski definition) is 2. The van der Waals surface area contributed by atoms with E-state index in [0.717, 1.165) is 6.42 Å². The molecule has 1 aliphatic rings. The van der Waals surface area contributed by atoms with Crippen molar-refractivity contribution in [1.82, 2.24) is 10.3 Å². The maximum Gasteiger partial charge on any atom is 0.254 e. The van der Waals surface area contributed by atoms with Crippen molar-refractivity contribution in [3.05, 3.63) is 23.6 Å². The van der Waals surface area contributed by atoms with Crippen LogP contribution in [0.25, 0.3) is 0 Å². The van der Waals surface area contributed by atoms with E-state index in [1.807, 2.05) is 6.92 Å². The standard InChI is InChI=1S/C11H14FN3O2/c1-6-8(3-5-17-6)15-11(16)7-2-4-14-10(13)9(7)12/h2,4,6,8H,3,5H2,1H3,(H2,13,14)(H,15,16). The predicted octanol–water partition coefficient (Wildman–Crippen LogP) is 0.710. The van der Waals surface area contributed by atoms with Gasteiger partial charge in [-0.3, -0.25) is 4.79 Å². The highest BCUT2D eigenvalue weighted by atomic mass is 19.1. The van der Waals surface area contributed by atoms with E-state index in [4.69, 9.17) is 10.5 Å². The van der Waals surface area contributed by atoms with Crippen LogP contribution in [0.3, 0.4) is 0 Å². The molecule has 0 radical (unpaired) electrons. The number of hydrogen-bond acceptors (Lipinski definition) is 4. The molecule has 1 fully saturated rings. The molecule has 2 atom stereocenters. The zero-order valence-electron chi connectivity index (χ0n) is 9.44. The molecule has 0 bridgehead atoms. The van der Waals surface area contributed by atoms with Crippen LogP contribution < -0.4 is 11.1 Å². The Balaban J connectivity index is 2.12. The van der Waals surface area contributed by atoms with Crippen molar-refractivity contribution in [3.8, 4) is 0 Å². The van der Waals surface area contributed by atoms with Crippen LogP contribution in [0.15, 0.2) is 12.3 Å². The van der Waals surface area contributed by atoms with E-state index in [2.05, 4.69) is 10.3 Å². The first-order valence-electron chi connectivity index (χ1n) is 5.42. The van der Waals surface area contributed by atoms with Crippen LogP contribution in [-0.4, -0.2) is 29.6 Å². The van der Waals surface area contributed by atoms with Crippen LogP contribution in [0.2, 0.25) is 0 Å². The minimum absolute atomic E-state index is 0.0544. The second-order valence-electron chi connectivity index (χ2n) is 4.00. The summed E-state index contributed by atoms with van der Waals surface area (Å²) in [7, 11) is 0. The number of carbonyl (C=O) groups excluding carboxylic acids is 1. The summed E-state index contributed by atoms with van der Waals surface area (Å²) in [4.78, 5) is 15.4. The summed E-state index contributed by atoms with van der Waals surface area (Å²) in [5.41, 5.74) is 5.22. The first-order chi connectivity index (χ1) is 8.09. The largest absolute Gasteiger partial charge is 0.381 e. The summed E-state index contributed by atoms with van der Waals surface area (Å²) in [6, 6.07) is 1.22. The van der Waals surface area contributed by atoms with E-state index >= 15 is 0 Å². The highest BCUT2D eigenvalue weighted by Gasteiger charge is 2.27. The van der Waals surface area contributed by atoms with Crippen molar-refractivity contribution >= 4 is 11.7 Å². The molecule has 0 saturated carbocycles. The number of amides is 1. The highest BCUT2D eigenvalue weighted by Crippen LogP contribution is 2.15. The van der Waals surface area contributed by atoms with Crippen molar-refractivity contribution in [3.63, 3.8) is 0 Å². The van der Waals surface area contributed by atoms with Gasteiger partial charge in [-0.2, -0.15) is 0 Å². The average molecular weight is 239 g/mol. The SMILES string of the molecule is CC1OCCC1NC(=O)c1ccnc(N)c1F. The van der Waals surface area contributed by atoms with E-state index in [9.17, 15) is 9.18 Å². The molecule has 0 spiro atoms. The normalized spacial score (nSPS) is 23.6. The van der Waals surface area contributed by atoms with E-state index < -0.39 is 11.7 Å². The molecule has 0 aliphatic carbocycles. The van der Waals surface area contributed by atoms with E-state index in [1.54, 1.807) is 0 Å². The zero-order chi connectivity index (χ0) is 12.4. The highest BCUT2D eigenvalue weighted by molar-refractivity contribution is 5.95. The van der Waals surface area contributed by atoms with Crippen LogP contribution in [-0.2, 0) is 4.74 Å². The molecule has 2 heterocycles. The monoisotopic (exact) mass is 239 g/mol. The van der Waals surface area contributed by atoms with Crippen molar-refractivity contribution in [1.29, 1.82) is 0 Å². The van der Waals surface area contributed by atoms with E-state index in [0.29, 0.717) is 6.61 Å². The van der Waals surface area contributed by atoms with Gasteiger partial charge in [0.2, 0.25) is 0 Å². The zero-order valence-corrected chi connectivity index (χ0v) is 9.44. The molecule has 0 aromatic carbocycles. The Bertz CT molecular complexity index is 439.